The fourth-order valence-electron chi connectivity index (χ4n) is 1.36. The molecule has 0 aliphatic rings. The van der Waals surface area contributed by atoms with Gasteiger partial charge in [0.2, 0.25) is 0 Å². The van der Waals surface area contributed by atoms with Crippen molar-refractivity contribution in [3.63, 3.8) is 0 Å². The number of benzene rings is 1. The summed E-state index contributed by atoms with van der Waals surface area (Å²) in [6.07, 6.45) is 3.15. The Kier molecular flexibility index (Phi) is 3.86. The Morgan fingerprint density at radius 2 is 2.06 bits per heavy atom. The fraction of sp³-hybridized carbons (Fsp3) is 0.154. The van der Waals surface area contributed by atoms with Crippen LogP contribution in [0.1, 0.15) is 5.56 Å². The number of furan rings is 1. The highest BCUT2D eigenvalue weighted by molar-refractivity contribution is 5.77. The van der Waals surface area contributed by atoms with Gasteiger partial charge in [-0.3, -0.25) is 4.79 Å². The van der Waals surface area contributed by atoms with Crippen molar-refractivity contribution in [2.75, 3.05) is 12.3 Å². The van der Waals surface area contributed by atoms with Crippen LogP contribution in [0, 0.1) is 0 Å². The maximum absolute atomic E-state index is 11.5. The van der Waals surface area contributed by atoms with Gasteiger partial charge in [0.1, 0.15) is 5.75 Å². The molecule has 3 N–H and O–H groups in total. The van der Waals surface area contributed by atoms with E-state index >= 15 is 0 Å². The summed E-state index contributed by atoms with van der Waals surface area (Å²) < 4.78 is 10.2. The Labute approximate surface area is 105 Å². The molecule has 1 aromatic heterocycles. The standard InChI is InChI=1S/C13H14N2O3/c14-11-1-3-12(4-2-11)18-9-13(16)15-7-10-5-6-17-8-10/h1-6,8H,7,9,14H2,(H,15,16). The van der Waals surface area contributed by atoms with E-state index < -0.39 is 0 Å². The molecule has 0 atom stereocenters. The molecule has 0 aliphatic carbocycles. The van der Waals surface area contributed by atoms with Gasteiger partial charge in [0.15, 0.2) is 6.61 Å². The molecule has 0 saturated heterocycles. The van der Waals surface area contributed by atoms with Gasteiger partial charge >= 0.3 is 0 Å². The summed E-state index contributed by atoms with van der Waals surface area (Å²) in [6.45, 7) is 0.405. The molecular weight excluding hydrogens is 232 g/mol. The number of ether oxygens (including phenoxy) is 1. The lowest BCUT2D eigenvalue weighted by Gasteiger charge is -2.06. The minimum absolute atomic E-state index is 0.0260. The lowest BCUT2D eigenvalue weighted by Crippen LogP contribution is -2.28. The lowest BCUT2D eigenvalue weighted by molar-refractivity contribution is -0.123. The van der Waals surface area contributed by atoms with Gasteiger partial charge in [0.05, 0.1) is 12.5 Å². The second kappa shape index (κ2) is 5.77. The second-order valence-electron chi connectivity index (χ2n) is 3.77. The molecule has 2 aromatic rings. The molecule has 5 heteroatoms. The largest absolute Gasteiger partial charge is 0.484 e. The van der Waals surface area contributed by atoms with Crippen LogP contribution >= 0.6 is 0 Å². The Morgan fingerprint density at radius 3 is 2.72 bits per heavy atom. The van der Waals surface area contributed by atoms with Gasteiger partial charge in [-0.05, 0) is 30.3 Å². The van der Waals surface area contributed by atoms with Crippen LogP contribution in [0.2, 0.25) is 0 Å². The van der Waals surface area contributed by atoms with E-state index in [1.807, 2.05) is 0 Å². The average Bonchev–Trinajstić information content (AvgIpc) is 2.89. The van der Waals surface area contributed by atoms with Crippen LogP contribution < -0.4 is 15.8 Å². The van der Waals surface area contributed by atoms with E-state index in [1.165, 1.54) is 0 Å². The van der Waals surface area contributed by atoms with Crippen molar-refractivity contribution in [2.24, 2.45) is 0 Å². The number of carbonyl (C=O) groups excluding carboxylic acids is 1. The van der Waals surface area contributed by atoms with Crippen LogP contribution in [0.3, 0.4) is 0 Å². The van der Waals surface area contributed by atoms with Gasteiger partial charge in [-0.25, -0.2) is 0 Å². The summed E-state index contributed by atoms with van der Waals surface area (Å²) in [5, 5.41) is 2.72. The summed E-state index contributed by atoms with van der Waals surface area (Å²) in [4.78, 5) is 11.5. The number of nitrogens with two attached hydrogens (primary N) is 1. The molecule has 0 bridgehead atoms. The molecule has 5 nitrogen and oxygen atoms in total. The smallest absolute Gasteiger partial charge is 0.258 e. The highest BCUT2D eigenvalue weighted by atomic mass is 16.5. The summed E-state index contributed by atoms with van der Waals surface area (Å²) in [6, 6.07) is 8.68. The molecule has 1 aromatic carbocycles. The van der Waals surface area contributed by atoms with E-state index in [4.69, 9.17) is 14.9 Å². The third kappa shape index (κ3) is 3.55. The zero-order chi connectivity index (χ0) is 12.8. The second-order valence-corrected chi connectivity index (χ2v) is 3.77. The summed E-state index contributed by atoms with van der Waals surface area (Å²) in [5.74, 6) is 0.427. The molecule has 0 fully saturated rings. The minimum Gasteiger partial charge on any atom is -0.484 e. The number of amides is 1. The van der Waals surface area contributed by atoms with Gasteiger partial charge < -0.3 is 20.2 Å². The molecule has 1 heterocycles. The third-order valence-electron chi connectivity index (χ3n) is 2.32. The van der Waals surface area contributed by atoms with Crippen molar-refractivity contribution >= 4 is 11.6 Å². The van der Waals surface area contributed by atoms with Gasteiger partial charge in [-0.15, -0.1) is 0 Å². The van der Waals surface area contributed by atoms with Gasteiger partial charge in [-0.2, -0.15) is 0 Å². The number of nitrogens with one attached hydrogen (secondary N) is 1. The van der Waals surface area contributed by atoms with Crippen LogP contribution in [0.5, 0.6) is 5.75 Å². The molecule has 18 heavy (non-hydrogen) atoms. The Morgan fingerprint density at radius 1 is 1.28 bits per heavy atom. The highest BCUT2D eigenvalue weighted by Gasteiger charge is 2.03. The zero-order valence-corrected chi connectivity index (χ0v) is 9.76. The number of rotatable bonds is 5. The van der Waals surface area contributed by atoms with Crippen LogP contribution in [-0.4, -0.2) is 12.5 Å². The summed E-state index contributed by atoms with van der Waals surface area (Å²) in [5.41, 5.74) is 7.11. The van der Waals surface area contributed by atoms with Gasteiger partial charge in [-0.1, -0.05) is 0 Å². The van der Waals surface area contributed by atoms with Crippen LogP contribution in [0.25, 0.3) is 0 Å². The molecule has 0 saturated carbocycles. The maximum atomic E-state index is 11.5. The normalized spacial score (nSPS) is 10.0. The van der Waals surface area contributed by atoms with E-state index in [9.17, 15) is 4.79 Å². The topological polar surface area (TPSA) is 77.5 Å². The summed E-state index contributed by atoms with van der Waals surface area (Å²) in [7, 11) is 0. The van der Waals surface area contributed by atoms with E-state index in [0.717, 1.165) is 5.56 Å². The Bertz CT molecular complexity index is 491. The minimum atomic E-state index is -0.187. The SMILES string of the molecule is Nc1ccc(OCC(=O)NCc2ccoc2)cc1. The van der Waals surface area contributed by atoms with Crippen molar-refractivity contribution in [2.45, 2.75) is 6.54 Å². The predicted octanol–water partition coefficient (Wildman–Crippen LogP) is 1.56. The van der Waals surface area contributed by atoms with Crippen LogP contribution in [0.4, 0.5) is 5.69 Å². The highest BCUT2D eigenvalue weighted by Crippen LogP contribution is 2.12. The fourth-order valence-corrected chi connectivity index (χ4v) is 1.36. The average molecular weight is 246 g/mol. The number of hydrogen-bond donors (Lipinski definition) is 2. The maximum Gasteiger partial charge on any atom is 0.258 e. The van der Waals surface area contributed by atoms with Crippen molar-refractivity contribution < 1.29 is 13.9 Å². The quantitative estimate of drug-likeness (QED) is 0.785. The number of nitrogen functional groups attached to an aromatic ring is 1. The molecule has 0 aliphatic heterocycles. The van der Waals surface area contributed by atoms with Crippen molar-refractivity contribution in [1.29, 1.82) is 0 Å². The monoisotopic (exact) mass is 246 g/mol. The Balaban J connectivity index is 1.73. The molecule has 94 valence electrons. The van der Waals surface area contributed by atoms with Crippen LogP contribution in [-0.2, 0) is 11.3 Å². The zero-order valence-electron chi connectivity index (χ0n) is 9.76. The van der Waals surface area contributed by atoms with E-state index in [-0.39, 0.29) is 12.5 Å². The summed E-state index contributed by atoms with van der Waals surface area (Å²) >= 11 is 0. The first kappa shape index (κ1) is 12.0. The van der Waals surface area contributed by atoms with E-state index in [2.05, 4.69) is 5.32 Å². The first-order valence-electron chi connectivity index (χ1n) is 5.50. The first-order chi connectivity index (χ1) is 8.74. The molecule has 0 radical (unpaired) electrons. The number of carbonyl (C=O) groups is 1. The van der Waals surface area contributed by atoms with Crippen LogP contribution in [0.15, 0.2) is 47.3 Å². The van der Waals surface area contributed by atoms with E-state index in [1.54, 1.807) is 42.9 Å². The molecule has 0 unspecified atom stereocenters. The van der Waals surface area contributed by atoms with Crippen molar-refractivity contribution in [1.82, 2.24) is 5.32 Å². The third-order valence-corrected chi connectivity index (χ3v) is 2.32. The van der Waals surface area contributed by atoms with Crippen molar-refractivity contribution in [3.8, 4) is 5.75 Å². The van der Waals surface area contributed by atoms with Crippen molar-refractivity contribution in [3.05, 3.63) is 48.4 Å². The molecule has 2 rings (SSSR count). The first-order valence-corrected chi connectivity index (χ1v) is 5.50. The molecule has 0 spiro atoms. The predicted molar refractivity (Wildman–Crippen MR) is 66.9 cm³/mol. The van der Waals surface area contributed by atoms with E-state index in [0.29, 0.717) is 18.0 Å². The van der Waals surface area contributed by atoms with Gasteiger partial charge in [0, 0.05) is 17.8 Å². The molecular formula is C13H14N2O3. The Hall–Kier alpha value is -2.43. The van der Waals surface area contributed by atoms with Gasteiger partial charge in [0.25, 0.3) is 5.91 Å². The number of hydrogen-bond acceptors (Lipinski definition) is 4. The number of anilines is 1. The lowest BCUT2D eigenvalue weighted by atomic mass is 10.3. The molecule has 1 amide bonds.